The van der Waals surface area contributed by atoms with Gasteiger partial charge < -0.3 is 16.0 Å². The zero-order valence-corrected chi connectivity index (χ0v) is 31.6. The molecule has 4 aromatic carbocycles. The van der Waals surface area contributed by atoms with Gasteiger partial charge in [-0.25, -0.2) is 4.39 Å². The SMILES string of the molecule is C/C(=C1/c2ccc(F)cc2C2CC(=O)NC(C(=O)NC3CC(C)(C)NC(C)(C)C3)Cc3ccc(-c4ccccc4)c(c3)C12)c1ccc(S(C)=O)cc1. The van der Waals surface area contributed by atoms with Gasteiger partial charge in [0, 0.05) is 63.7 Å². The van der Waals surface area contributed by atoms with E-state index < -0.39 is 16.8 Å². The van der Waals surface area contributed by atoms with Crippen LogP contribution in [0.3, 0.4) is 0 Å². The molecule has 3 aliphatic rings. The number of hydrogen-bond acceptors (Lipinski definition) is 4. The molecule has 52 heavy (non-hydrogen) atoms. The monoisotopic (exact) mass is 717 g/mol. The van der Waals surface area contributed by atoms with Crippen molar-refractivity contribution in [2.75, 3.05) is 6.26 Å². The van der Waals surface area contributed by atoms with Crippen LogP contribution in [0.4, 0.5) is 4.39 Å². The third-order valence-corrected chi connectivity index (χ3v) is 11.9. The van der Waals surface area contributed by atoms with E-state index in [4.69, 9.17) is 0 Å². The van der Waals surface area contributed by atoms with Gasteiger partial charge in [0.05, 0.1) is 0 Å². The molecule has 270 valence electrons. The minimum Gasteiger partial charge on any atom is -0.351 e. The molecule has 1 fully saturated rings. The van der Waals surface area contributed by atoms with Gasteiger partial charge in [0.25, 0.3) is 0 Å². The largest absolute Gasteiger partial charge is 0.351 e. The second kappa shape index (κ2) is 13.9. The van der Waals surface area contributed by atoms with E-state index in [-0.39, 0.29) is 53.0 Å². The first-order valence-corrected chi connectivity index (χ1v) is 19.8. The molecule has 4 atom stereocenters. The number of carbonyl (C=O) groups is 2. The Bertz CT molecular complexity index is 2070. The molecule has 4 unspecified atom stereocenters. The zero-order valence-electron chi connectivity index (χ0n) is 30.8. The summed E-state index contributed by atoms with van der Waals surface area (Å²) < 4.78 is 27.4. The summed E-state index contributed by atoms with van der Waals surface area (Å²) in [6, 6.07) is 28.5. The lowest BCUT2D eigenvalue weighted by Crippen LogP contribution is -2.63. The lowest BCUT2D eigenvalue weighted by Gasteiger charge is -2.46. The maximum absolute atomic E-state index is 15.2. The molecule has 8 heteroatoms. The first-order valence-electron chi connectivity index (χ1n) is 18.2. The number of hydrogen-bond donors (Lipinski definition) is 3. The van der Waals surface area contributed by atoms with Crippen LogP contribution in [0.2, 0.25) is 0 Å². The van der Waals surface area contributed by atoms with Crippen LogP contribution in [-0.4, -0.2) is 45.4 Å². The van der Waals surface area contributed by atoms with E-state index >= 15 is 4.39 Å². The number of fused-ring (bicyclic) bond motifs is 6. The third kappa shape index (κ3) is 7.28. The topological polar surface area (TPSA) is 87.3 Å². The minimum absolute atomic E-state index is 0.0433. The van der Waals surface area contributed by atoms with E-state index in [2.05, 4.69) is 80.9 Å². The first kappa shape index (κ1) is 36.0. The summed E-state index contributed by atoms with van der Waals surface area (Å²) in [5.74, 6) is -1.45. The summed E-state index contributed by atoms with van der Waals surface area (Å²) in [4.78, 5) is 29.0. The summed E-state index contributed by atoms with van der Waals surface area (Å²) in [5, 5.41) is 10.1. The quantitative estimate of drug-likeness (QED) is 0.196. The maximum Gasteiger partial charge on any atom is 0.243 e. The highest BCUT2D eigenvalue weighted by Gasteiger charge is 2.43. The molecule has 1 saturated heterocycles. The van der Waals surface area contributed by atoms with Crippen molar-refractivity contribution >= 4 is 33.8 Å². The Morgan fingerprint density at radius 1 is 0.846 bits per heavy atom. The van der Waals surface area contributed by atoms with Crippen LogP contribution in [0.15, 0.2) is 95.9 Å². The maximum atomic E-state index is 15.2. The number of benzene rings is 4. The van der Waals surface area contributed by atoms with E-state index in [0.29, 0.717) is 6.42 Å². The molecule has 6 nitrogen and oxygen atoms in total. The van der Waals surface area contributed by atoms with Gasteiger partial charge in [0.15, 0.2) is 0 Å². The van der Waals surface area contributed by atoms with Gasteiger partial charge in [0.2, 0.25) is 11.8 Å². The van der Waals surface area contributed by atoms with Crippen molar-refractivity contribution in [1.82, 2.24) is 16.0 Å². The number of rotatable bonds is 5. The van der Waals surface area contributed by atoms with Crippen LogP contribution in [0.5, 0.6) is 0 Å². The molecule has 2 heterocycles. The van der Waals surface area contributed by atoms with Crippen molar-refractivity contribution < 1.29 is 18.2 Å². The van der Waals surface area contributed by atoms with Gasteiger partial charge in [-0.05, 0) is 122 Å². The van der Waals surface area contributed by atoms with Crippen molar-refractivity contribution in [2.45, 2.75) is 100 Å². The second-order valence-corrected chi connectivity index (χ2v) is 17.5. The number of amides is 2. The predicted molar refractivity (Wildman–Crippen MR) is 208 cm³/mol. The first-order chi connectivity index (χ1) is 24.7. The van der Waals surface area contributed by atoms with Gasteiger partial charge in [-0.3, -0.25) is 13.8 Å². The lowest BCUT2D eigenvalue weighted by molar-refractivity contribution is -0.130. The number of carbonyl (C=O) groups excluding carboxylic acids is 2. The summed E-state index contributed by atoms with van der Waals surface area (Å²) in [5.41, 5.74) is 8.49. The Balaban J connectivity index is 1.36. The molecular formula is C44H48FN3O3S. The van der Waals surface area contributed by atoms with E-state index in [1.54, 1.807) is 12.3 Å². The molecule has 0 aromatic heterocycles. The zero-order chi connectivity index (χ0) is 36.9. The van der Waals surface area contributed by atoms with E-state index in [9.17, 15) is 13.8 Å². The molecule has 0 radical (unpaired) electrons. The molecule has 0 spiro atoms. The summed E-state index contributed by atoms with van der Waals surface area (Å²) in [6.45, 7) is 10.7. The van der Waals surface area contributed by atoms with Crippen LogP contribution in [0.1, 0.15) is 93.5 Å². The summed E-state index contributed by atoms with van der Waals surface area (Å²) in [7, 11) is -1.11. The fourth-order valence-electron chi connectivity index (χ4n) is 9.22. The van der Waals surface area contributed by atoms with Crippen LogP contribution in [-0.2, 0) is 26.8 Å². The van der Waals surface area contributed by atoms with Gasteiger partial charge in [-0.1, -0.05) is 66.7 Å². The highest BCUT2D eigenvalue weighted by molar-refractivity contribution is 7.84. The van der Waals surface area contributed by atoms with E-state index in [1.807, 2.05) is 48.5 Å². The Labute approximate surface area is 309 Å². The molecule has 3 N–H and O–H groups in total. The van der Waals surface area contributed by atoms with Crippen molar-refractivity contribution in [3.8, 4) is 11.1 Å². The van der Waals surface area contributed by atoms with Crippen LogP contribution in [0.25, 0.3) is 22.3 Å². The van der Waals surface area contributed by atoms with Crippen molar-refractivity contribution in [3.05, 3.63) is 125 Å². The van der Waals surface area contributed by atoms with Gasteiger partial charge >= 0.3 is 0 Å². The molecular weight excluding hydrogens is 670 g/mol. The Kier molecular flexibility index (Phi) is 9.59. The van der Waals surface area contributed by atoms with Gasteiger partial charge in [-0.2, -0.15) is 0 Å². The highest BCUT2D eigenvalue weighted by atomic mass is 32.2. The molecule has 2 bridgehead atoms. The van der Waals surface area contributed by atoms with E-state index in [0.717, 1.165) is 67.8 Å². The molecule has 0 saturated carbocycles. The van der Waals surface area contributed by atoms with Crippen LogP contribution < -0.4 is 16.0 Å². The fraction of sp³-hybridized carbons (Fsp3) is 0.364. The van der Waals surface area contributed by atoms with Gasteiger partial charge in [-0.15, -0.1) is 0 Å². The number of nitrogens with one attached hydrogen (secondary N) is 3. The van der Waals surface area contributed by atoms with Crippen molar-refractivity contribution in [2.24, 2.45) is 0 Å². The van der Waals surface area contributed by atoms with E-state index in [1.165, 1.54) is 6.07 Å². The number of piperidine rings is 1. The second-order valence-electron chi connectivity index (χ2n) is 16.2. The average molecular weight is 718 g/mol. The molecule has 2 amide bonds. The van der Waals surface area contributed by atoms with Crippen molar-refractivity contribution in [3.63, 3.8) is 0 Å². The smallest absolute Gasteiger partial charge is 0.243 e. The number of allylic oxidation sites excluding steroid dienone is 2. The predicted octanol–water partition coefficient (Wildman–Crippen LogP) is 7.90. The highest BCUT2D eigenvalue weighted by Crippen LogP contribution is 2.57. The summed E-state index contributed by atoms with van der Waals surface area (Å²) >= 11 is 0. The van der Waals surface area contributed by atoms with Crippen LogP contribution >= 0.6 is 0 Å². The van der Waals surface area contributed by atoms with Crippen molar-refractivity contribution in [1.29, 1.82) is 0 Å². The standard InChI is InChI=1S/C44H48FN3O3S/c1-26(28-13-16-32(17-14-28)52(6)51)40-34-19-15-30(45)22-35(34)37-23-39(49)47-38(42(50)46-31-24-43(2,3)48-44(4,5)25-31)21-27-12-18-33(36(20-27)41(37)40)29-10-8-7-9-11-29/h7-20,22,31,37-38,41,48H,21,23-25H2,1-6H3,(H,46,50)(H,47,49)/b40-26+. The minimum atomic E-state index is -1.11. The van der Waals surface area contributed by atoms with Gasteiger partial charge in [0.1, 0.15) is 11.9 Å². The van der Waals surface area contributed by atoms with Crippen LogP contribution in [0, 0.1) is 5.82 Å². The molecule has 1 aliphatic carbocycles. The molecule has 7 rings (SSSR count). The average Bonchev–Trinajstić information content (AvgIpc) is 3.38. The molecule has 2 aliphatic heterocycles. The lowest BCUT2D eigenvalue weighted by atomic mass is 9.76. The number of halogens is 1. The third-order valence-electron chi connectivity index (χ3n) is 11.0. The summed E-state index contributed by atoms with van der Waals surface area (Å²) in [6.07, 6.45) is 3.64. The fourth-order valence-corrected chi connectivity index (χ4v) is 9.74. The molecule has 4 aromatic rings. The Morgan fingerprint density at radius 3 is 2.19 bits per heavy atom. The Morgan fingerprint density at radius 2 is 1.52 bits per heavy atom. The normalized spacial score (nSPS) is 23.8. The Hall–Kier alpha value is -4.40.